The first kappa shape index (κ1) is 15.6. The second kappa shape index (κ2) is 7.25. The molecule has 1 aromatic carbocycles. The van der Waals surface area contributed by atoms with Crippen molar-refractivity contribution >= 4 is 11.6 Å². The monoisotopic (exact) mass is 294 g/mol. The molecule has 104 valence electrons. The Morgan fingerprint density at radius 2 is 2.00 bits per heavy atom. The molecule has 0 aliphatic carbocycles. The Morgan fingerprint density at radius 3 is 2.63 bits per heavy atom. The van der Waals surface area contributed by atoms with Crippen molar-refractivity contribution in [3.8, 4) is 17.6 Å². The highest BCUT2D eigenvalue weighted by molar-refractivity contribution is 6.18. The highest BCUT2D eigenvalue weighted by atomic mass is 35.5. The predicted octanol–water partition coefficient (Wildman–Crippen LogP) is 4.14. The first-order valence-electron chi connectivity index (χ1n) is 5.46. The lowest BCUT2D eigenvalue weighted by Gasteiger charge is -2.10. The van der Waals surface area contributed by atoms with E-state index < -0.39 is 25.0 Å². The SMILES string of the molecule is Fc1ccc(C#CCCCl)c(OCCC(F)(F)F)c1. The fourth-order valence-corrected chi connectivity index (χ4v) is 1.30. The second-order valence-corrected chi connectivity index (χ2v) is 3.97. The molecule has 0 heterocycles. The van der Waals surface area contributed by atoms with Gasteiger partial charge in [-0.25, -0.2) is 4.39 Å². The van der Waals surface area contributed by atoms with Crippen molar-refractivity contribution in [3.05, 3.63) is 29.6 Å². The lowest BCUT2D eigenvalue weighted by Crippen LogP contribution is -2.13. The predicted molar refractivity (Wildman–Crippen MR) is 64.8 cm³/mol. The van der Waals surface area contributed by atoms with Crippen molar-refractivity contribution in [3.63, 3.8) is 0 Å². The zero-order chi connectivity index (χ0) is 14.3. The van der Waals surface area contributed by atoms with Gasteiger partial charge in [-0.05, 0) is 12.1 Å². The fourth-order valence-electron chi connectivity index (χ4n) is 1.20. The Balaban J connectivity index is 2.75. The Bertz CT molecular complexity index is 474. The van der Waals surface area contributed by atoms with Gasteiger partial charge in [-0.3, -0.25) is 0 Å². The molecule has 0 aromatic heterocycles. The molecule has 19 heavy (non-hydrogen) atoms. The first-order valence-corrected chi connectivity index (χ1v) is 6.00. The summed E-state index contributed by atoms with van der Waals surface area (Å²) in [6, 6.07) is 3.54. The average Bonchev–Trinajstić information content (AvgIpc) is 2.30. The van der Waals surface area contributed by atoms with Gasteiger partial charge in [0.25, 0.3) is 0 Å². The normalized spacial score (nSPS) is 10.8. The molecule has 0 radical (unpaired) electrons. The molecule has 1 aromatic rings. The molecule has 1 nitrogen and oxygen atoms in total. The number of alkyl halides is 4. The molecule has 0 saturated carbocycles. The summed E-state index contributed by atoms with van der Waals surface area (Å²) >= 11 is 5.45. The summed E-state index contributed by atoms with van der Waals surface area (Å²) in [7, 11) is 0. The lowest BCUT2D eigenvalue weighted by atomic mass is 10.2. The molecule has 0 aliphatic heterocycles. The zero-order valence-corrected chi connectivity index (χ0v) is 10.6. The molecule has 0 atom stereocenters. The molecular weight excluding hydrogens is 284 g/mol. The number of halogens is 5. The van der Waals surface area contributed by atoms with Crippen molar-refractivity contribution in [2.75, 3.05) is 12.5 Å². The van der Waals surface area contributed by atoms with Gasteiger partial charge >= 0.3 is 6.18 Å². The van der Waals surface area contributed by atoms with E-state index >= 15 is 0 Å². The van der Waals surface area contributed by atoms with E-state index in [0.29, 0.717) is 17.9 Å². The molecule has 6 heteroatoms. The minimum atomic E-state index is -4.31. The third kappa shape index (κ3) is 6.35. The minimum Gasteiger partial charge on any atom is -0.492 e. The molecule has 0 unspecified atom stereocenters. The van der Waals surface area contributed by atoms with Gasteiger partial charge in [0, 0.05) is 18.4 Å². The van der Waals surface area contributed by atoms with Crippen LogP contribution >= 0.6 is 11.6 Å². The molecule has 1 rings (SSSR count). The molecule has 0 N–H and O–H groups in total. The maximum Gasteiger partial charge on any atom is 0.392 e. The van der Waals surface area contributed by atoms with Gasteiger partial charge in [0.2, 0.25) is 0 Å². The van der Waals surface area contributed by atoms with Crippen LogP contribution in [0.2, 0.25) is 0 Å². The summed E-state index contributed by atoms with van der Waals surface area (Å²) in [5.74, 6) is 5.15. The number of benzene rings is 1. The fraction of sp³-hybridized carbons (Fsp3) is 0.385. The van der Waals surface area contributed by atoms with Gasteiger partial charge in [-0.1, -0.05) is 11.8 Å². The van der Waals surface area contributed by atoms with E-state index in [1.165, 1.54) is 12.1 Å². The van der Waals surface area contributed by atoms with Gasteiger partial charge in [0.05, 0.1) is 18.6 Å². The molecule has 0 saturated heterocycles. The maximum absolute atomic E-state index is 13.0. The van der Waals surface area contributed by atoms with Crippen molar-refractivity contribution in [1.82, 2.24) is 0 Å². The van der Waals surface area contributed by atoms with Crippen LogP contribution in [0.4, 0.5) is 17.6 Å². The Kier molecular flexibility index (Phi) is 5.97. The highest BCUT2D eigenvalue weighted by Gasteiger charge is 2.27. The van der Waals surface area contributed by atoms with Crippen LogP contribution in [0.3, 0.4) is 0 Å². The van der Waals surface area contributed by atoms with Gasteiger partial charge in [0.15, 0.2) is 0 Å². The van der Waals surface area contributed by atoms with E-state index in [2.05, 4.69) is 11.8 Å². The molecule has 0 fully saturated rings. The summed E-state index contributed by atoms with van der Waals surface area (Å²) in [4.78, 5) is 0. The molecule has 0 bridgehead atoms. The molecule has 0 spiro atoms. The molecule has 0 aliphatic rings. The van der Waals surface area contributed by atoms with Gasteiger partial charge < -0.3 is 4.74 Å². The van der Waals surface area contributed by atoms with Gasteiger partial charge in [-0.2, -0.15) is 13.2 Å². The van der Waals surface area contributed by atoms with E-state index in [0.717, 1.165) is 6.07 Å². The van der Waals surface area contributed by atoms with Crippen molar-refractivity contribution in [2.45, 2.75) is 19.0 Å². The summed E-state index contributed by atoms with van der Waals surface area (Å²) < 4.78 is 53.9. The van der Waals surface area contributed by atoms with Crippen LogP contribution in [0.5, 0.6) is 5.75 Å². The quantitative estimate of drug-likeness (QED) is 0.461. The summed E-state index contributed by atoms with van der Waals surface area (Å²) in [6.45, 7) is -0.572. The van der Waals surface area contributed by atoms with Crippen LogP contribution in [-0.4, -0.2) is 18.7 Å². The summed E-state index contributed by atoms with van der Waals surface area (Å²) in [5.41, 5.74) is 0.341. The first-order chi connectivity index (χ1) is 8.92. The van der Waals surface area contributed by atoms with E-state index in [-0.39, 0.29) is 5.75 Å². The van der Waals surface area contributed by atoms with Crippen LogP contribution in [0.1, 0.15) is 18.4 Å². The average molecular weight is 295 g/mol. The van der Waals surface area contributed by atoms with Crippen LogP contribution in [0, 0.1) is 17.7 Å². The smallest absolute Gasteiger partial charge is 0.392 e. The third-order valence-corrected chi connectivity index (χ3v) is 2.22. The van der Waals surface area contributed by atoms with E-state index in [4.69, 9.17) is 16.3 Å². The van der Waals surface area contributed by atoms with Crippen molar-refractivity contribution in [2.24, 2.45) is 0 Å². The Morgan fingerprint density at radius 1 is 1.26 bits per heavy atom. The summed E-state index contributed by atoms with van der Waals surface area (Å²) in [6.07, 6.45) is -4.98. The van der Waals surface area contributed by atoms with Crippen molar-refractivity contribution in [1.29, 1.82) is 0 Å². The van der Waals surface area contributed by atoms with Crippen LogP contribution in [0.25, 0.3) is 0 Å². The Hall–Kier alpha value is -1.41. The standard InChI is InChI=1S/C13H11ClF4O/c14-7-2-1-3-10-4-5-11(15)9-12(10)19-8-6-13(16,17)18/h4-5,9H,2,6-8H2. The highest BCUT2D eigenvalue weighted by Crippen LogP contribution is 2.23. The zero-order valence-electron chi connectivity index (χ0n) is 9.86. The third-order valence-electron chi connectivity index (χ3n) is 2.03. The topological polar surface area (TPSA) is 9.23 Å². The van der Waals surface area contributed by atoms with Crippen LogP contribution in [-0.2, 0) is 0 Å². The number of rotatable bonds is 4. The Labute approximate surface area is 113 Å². The summed E-state index contributed by atoms with van der Waals surface area (Å²) in [5, 5.41) is 0. The number of ether oxygens (including phenoxy) is 1. The molecule has 0 amide bonds. The number of hydrogen-bond donors (Lipinski definition) is 0. The van der Waals surface area contributed by atoms with E-state index in [9.17, 15) is 17.6 Å². The minimum absolute atomic E-state index is 0.00585. The van der Waals surface area contributed by atoms with Crippen LogP contribution in [0.15, 0.2) is 18.2 Å². The van der Waals surface area contributed by atoms with E-state index in [1.807, 2.05) is 0 Å². The number of hydrogen-bond acceptors (Lipinski definition) is 1. The van der Waals surface area contributed by atoms with Crippen LogP contribution < -0.4 is 4.74 Å². The van der Waals surface area contributed by atoms with Gasteiger partial charge in [-0.15, -0.1) is 11.6 Å². The maximum atomic E-state index is 13.0. The lowest BCUT2D eigenvalue weighted by molar-refractivity contribution is -0.139. The second-order valence-electron chi connectivity index (χ2n) is 3.59. The van der Waals surface area contributed by atoms with Crippen molar-refractivity contribution < 1.29 is 22.3 Å². The van der Waals surface area contributed by atoms with Gasteiger partial charge in [0.1, 0.15) is 11.6 Å². The van der Waals surface area contributed by atoms with E-state index in [1.54, 1.807) is 0 Å². The largest absolute Gasteiger partial charge is 0.492 e. The molecular formula is C13H11ClF4O.